The zero-order valence-electron chi connectivity index (χ0n) is 7.37. The van der Waals surface area contributed by atoms with Gasteiger partial charge < -0.3 is 5.11 Å². The highest BCUT2D eigenvalue weighted by atomic mass is 35.5. The summed E-state index contributed by atoms with van der Waals surface area (Å²) in [6.45, 7) is 0. The van der Waals surface area contributed by atoms with Gasteiger partial charge in [0.05, 0.1) is 5.03 Å². The van der Waals surface area contributed by atoms with E-state index in [1.54, 1.807) is 24.3 Å². The fourth-order valence-corrected chi connectivity index (χ4v) is 1.53. The van der Waals surface area contributed by atoms with Gasteiger partial charge in [0.25, 0.3) is 0 Å². The average Bonchev–Trinajstić information content (AvgIpc) is 2.18. The summed E-state index contributed by atoms with van der Waals surface area (Å²) in [6, 6.07) is 7.97. The first kappa shape index (κ1) is 11.6. The van der Waals surface area contributed by atoms with Gasteiger partial charge in [0.1, 0.15) is 6.07 Å². The first-order chi connectivity index (χ1) is 7.07. The molecule has 3 nitrogen and oxygen atoms in total. The van der Waals surface area contributed by atoms with Gasteiger partial charge in [0.2, 0.25) is 0 Å². The van der Waals surface area contributed by atoms with E-state index in [1.807, 2.05) is 0 Å². The third kappa shape index (κ3) is 2.50. The molecule has 0 radical (unpaired) electrons. The molecule has 0 fully saturated rings. The summed E-state index contributed by atoms with van der Waals surface area (Å²) in [4.78, 5) is 10.6. The van der Waals surface area contributed by atoms with E-state index >= 15 is 0 Å². The molecule has 0 saturated carbocycles. The van der Waals surface area contributed by atoms with Crippen molar-refractivity contribution in [3.05, 3.63) is 40.4 Å². The number of hydrogen-bond donors (Lipinski definition) is 1. The van der Waals surface area contributed by atoms with Crippen LogP contribution in [0.1, 0.15) is 5.56 Å². The van der Waals surface area contributed by atoms with Gasteiger partial charge >= 0.3 is 5.97 Å². The number of nitriles is 1. The van der Waals surface area contributed by atoms with Gasteiger partial charge in [-0.3, -0.25) is 0 Å². The number of carbonyl (C=O) groups is 1. The SMILES string of the molecule is N#CC(C(=O)O)=C(Cl)c1ccccc1Cl. The van der Waals surface area contributed by atoms with Gasteiger partial charge in [0, 0.05) is 10.6 Å². The number of nitrogens with zero attached hydrogens (tertiary/aromatic N) is 1. The van der Waals surface area contributed by atoms with Crippen molar-refractivity contribution in [3.63, 3.8) is 0 Å². The van der Waals surface area contributed by atoms with Gasteiger partial charge in [-0.25, -0.2) is 4.79 Å². The van der Waals surface area contributed by atoms with Crippen LogP contribution in [0.2, 0.25) is 5.02 Å². The maximum absolute atomic E-state index is 10.6. The van der Waals surface area contributed by atoms with E-state index in [9.17, 15) is 4.79 Å². The Morgan fingerprint density at radius 3 is 2.47 bits per heavy atom. The van der Waals surface area contributed by atoms with E-state index in [4.69, 9.17) is 33.6 Å². The minimum atomic E-state index is -1.37. The Hall–Kier alpha value is -1.50. The molecule has 76 valence electrons. The van der Waals surface area contributed by atoms with Crippen LogP contribution in [0, 0.1) is 11.3 Å². The quantitative estimate of drug-likeness (QED) is 0.640. The van der Waals surface area contributed by atoms with Crippen LogP contribution < -0.4 is 0 Å². The fourth-order valence-electron chi connectivity index (χ4n) is 0.965. The van der Waals surface area contributed by atoms with Gasteiger partial charge in [-0.05, 0) is 6.07 Å². The standard InChI is InChI=1S/C10H5Cl2NO2/c11-8-4-2-1-3-6(8)9(12)7(5-13)10(14)15/h1-4H,(H,14,15). The molecule has 1 aromatic carbocycles. The Morgan fingerprint density at radius 1 is 1.40 bits per heavy atom. The lowest BCUT2D eigenvalue weighted by molar-refractivity contribution is -0.132. The van der Waals surface area contributed by atoms with Crippen molar-refractivity contribution in [2.24, 2.45) is 0 Å². The molecule has 0 unspecified atom stereocenters. The second-order valence-corrected chi connectivity index (χ2v) is 3.37. The van der Waals surface area contributed by atoms with Crippen LogP contribution in [0.5, 0.6) is 0 Å². The minimum Gasteiger partial charge on any atom is -0.477 e. The second-order valence-electron chi connectivity index (χ2n) is 2.59. The maximum Gasteiger partial charge on any atom is 0.348 e. The highest BCUT2D eigenvalue weighted by molar-refractivity contribution is 6.52. The molecule has 0 saturated heterocycles. The zero-order valence-corrected chi connectivity index (χ0v) is 8.88. The molecule has 1 aromatic rings. The highest BCUT2D eigenvalue weighted by Crippen LogP contribution is 2.29. The van der Waals surface area contributed by atoms with E-state index in [0.29, 0.717) is 10.6 Å². The van der Waals surface area contributed by atoms with Gasteiger partial charge in [0.15, 0.2) is 5.57 Å². The predicted molar refractivity (Wildman–Crippen MR) is 57.5 cm³/mol. The van der Waals surface area contributed by atoms with Crippen molar-refractivity contribution in [2.45, 2.75) is 0 Å². The Morgan fingerprint density at radius 2 is 2.00 bits per heavy atom. The molecule has 0 heterocycles. The van der Waals surface area contributed by atoms with Crippen LogP contribution in [-0.2, 0) is 4.79 Å². The summed E-state index contributed by atoms with van der Waals surface area (Å²) in [7, 11) is 0. The minimum absolute atomic E-state index is 0.157. The smallest absolute Gasteiger partial charge is 0.348 e. The molecule has 0 aliphatic rings. The molecule has 1 rings (SSSR count). The number of carboxylic acids is 1. The number of halogens is 2. The molecule has 5 heteroatoms. The third-order valence-electron chi connectivity index (χ3n) is 1.66. The number of aliphatic carboxylic acids is 1. The van der Waals surface area contributed by atoms with Crippen LogP contribution in [0.3, 0.4) is 0 Å². The Labute approximate surface area is 96.2 Å². The lowest BCUT2D eigenvalue weighted by atomic mass is 10.1. The molecule has 0 aliphatic carbocycles. The van der Waals surface area contributed by atoms with E-state index in [0.717, 1.165) is 0 Å². The summed E-state index contributed by atoms with van der Waals surface area (Å²) < 4.78 is 0. The lowest BCUT2D eigenvalue weighted by Gasteiger charge is -2.02. The van der Waals surface area contributed by atoms with Crippen molar-refractivity contribution in [3.8, 4) is 6.07 Å². The molecule has 0 atom stereocenters. The number of hydrogen-bond acceptors (Lipinski definition) is 2. The Kier molecular flexibility index (Phi) is 3.73. The third-order valence-corrected chi connectivity index (χ3v) is 2.38. The summed E-state index contributed by atoms with van der Waals surface area (Å²) in [5.41, 5.74) is -0.190. The molecule has 1 N–H and O–H groups in total. The Bertz CT molecular complexity index is 475. The van der Waals surface area contributed by atoms with E-state index in [-0.39, 0.29) is 5.03 Å². The molecule has 0 amide bonds. The first-order valence-corrected chi connectivity index (χ1v) is 4.61. The number of rotatable bonds is 2. The Balaban J connectivity index is 3.37. The van der Waals surface area contributed by atoms with Crippen LogP contribution in [0.25, 0.3) is 5.03 Å². The highest BCUT2D eigenvalue weighted by Gasteiger charge is 2.15. The summed E-state index contributed by atoms with van der Waals surface area (Å²) in [5, 5.41) is 17.4. The average molecular weight is 242 g/mol. The van der Waals surface area contributed by atoms with Crippen molar-refractivity contribution in [1.82, 2.24) is 0 Å². The second kappa shape index (κ2) is 4.83. The van der Waals surface area contributed by atoms with Crippen LogP contribution in [-0.4, -0.2) is 11.1 Å². The van der Waals surface area contributed by atoms with Gasteiger partial charge in [-0.1, -0.05) is 41.4 Å². The largest absolute Gasteiger partial charge is 0.477 e. The molecule has 0 bridgehead atoms. The van der Waals surface area contributed by atoms with Crippen LogP contribution in [0.15, 0.2) is 29.8 Å². The monoisotopic (exact) mass is 241 g/mol. The fraction of sp³-hybridized carbons (Fsp3) is 0. The summed E-state index contributed by atoms with van der Waals surface area (Å²) >= 11 is 11.6. The molecule has 0 aromatic heterocycles. The maximum atomic E-state index is 10.6. The van der Waals surface area contributed by atoms with Crippen molar-refractivity contribution in [2.75, 3.05) is 0 Å². The molecule has 0 spiro atoms. The topological polar surface area (TPSA) is 61.1 Å². The number of carboxylic acid groups (broad SMARTS) is 1. The molecule has 15 heavy (non-hydrogen) atoms. The summed E-state index contributed by atoms with van der Waals surface area (Å²) in [5.74, 6) is -1.37. The predicted octanol–water partition coefficient (Wildman–Crippen LogP) is 2.90. The molecular formula is C10H5Cl2NO2. The van der Waals surface area contributed by atoms with Crippen LogP contribution in [0.4, 0.5) is 0 Å². The number of benzene rings is 1. The van der Waals surface area contributed by atoms with Crippen molar-refractivity contribution in [1.29, 1.82) is 5.26 Å². The van der Waals surface area contributed by atoms with E-state index < -0.39 is 11.5 Å². The molecular weight excluding hydrogens is 237 g/mol. The first-order valence-electron chi connectivity index (χ1n) is 3.86. The van der Waals surface area contributed by atoms with Gasteiger partial charge in [-0.15, -0.1) is 0 Å². The molecule has 0 aliphatic heterocycles. The zero-order chi connectivity index (χ0) is 11.4. The van der Waals surface area contributed by atoms with Crippen LogP contribution >= 0.6 is 23.2 Å². The van der Waals surface area contributed by atoms with Crippen molar-refractivity contribution >= 4 is 34.2 Å². The van der Waals surface area contributed by atoms with E-state index in [2.05, 4.69) is 0 Å². The van der Waals surface area contributed by atoms with Gasteiger partial charge in [-0.2, -0.15) is 5.26 Å². The van der Waals surface area contributed by atoms with Crippen molar-refractivity contribution < 1.29 is 9.90 Å². The normalized spacial score (nSPS) is 11.5. The van der Waals surface area contributed by atoms with E-state index in [1.165, 1.54) is 6.07 Å². The summed E-state index contributed by atoms with van der Waals surface area (Å²) in [6.07, 6.45) is 0. The lowest BCUT2D eigenvalue weighted by Crippen LogP contribution is -2.00.